The van der Waals surface area contributed by atoms with Crippen molar-refractivity contribution in [1.82, 2.24) is 15.1 Å². The summed E-state index contributed by atoms with van der Waals surface area (Å²) in [5.74, 6) is 0.845. The predicted molar refractivity (Wildman–Crippen MR) is 131 cm³/mol. The molecule has 0 fully saturated rings. The number of ether oxygens (including phenoxy) is 1. The summed E-state index contributed by atoms with van der Waals surface area (Å²) in [6.45, 7) is 6.24. The van der Waals surface area contributed by atoms with Crippen LogP contribution in [0.25, 0.3) is 21.1 Å². The van der Waals surface area contributed by atoms with Gasteiger partial charge in [0.15, 0.2) is 0 Å². The molecule has 1 heterocycles. The first-order valence-electron chi connectivity index (χ1n) is 11.5. The molecule has 7 nitrogen and oxygen atoms in total. The SMILES string of the molecule is CCC1Cc2c(-c3nnc(-c4ccc(OC(C)C)c(C#N)c4)s3)cccc2C1N(C=O)CCO. The van der Waals surface area contributed by atoms with E-state index in [2.05, 4.69) is 35.3 Å². The summed E-state index contributed by atoms with van der Waals surface area (Å²) < 4.78 is 5.73. The zero-order valence-corrected chi connectivity index (χ0v) is 20.4. The topological polar surface area (TPSA) is 99.3 Å². The fourth-order valence-electron chi connectivity index (χ4n) is 4.68. The number of benzene rings is 2. The van der Waals surface area contributed by atoms with Gasteiger partial charge in [0, 0.05) is 17.7 Å². The van der Waals surface area contributed by atoms with Gasteiger partial charge < -0.3 is 14.7 Å². The molecule has 0 saturated carbocycles. The minimum atomic E-state index is -0.0634. The van der Waals surface area contributed by atoms with E-state index in [4.69, 9.17) is 4.74 Å². The summed E-state index contributed by atoms with van der Waals surface area (Å²) in [7, 11) is 0. The second-order valence-electron chi connectivity index (χ2n) is 8.66. The molecule has 0 saturated heterocycles. The van der Waals surface area contributed by atoms with Crippen LogP contribution >= 0.6 is 11.3 Å². The number of nitriles is 1. The molecule has 0 radical (unpaired) electrons. The van der Waals surface area contributed by atoms with Crippen LogP contribution in [0.5, 0.6) is 5.75 Å². The van der Waals surface area contributed by atoms with E-state index in [0.717, 1.165) is 46.0 Å². The van der Waals surface area contributed by atoms with Crippen LogP contribution < -0.4 is 4.74 Å². The maximum Gasteiger partial charge on any atom is 0.210 e. The first kappa shape index (κ1) is 23.9. The molecule has 3 aromatic rings. The first-order chi connectivity index (χ1) is 16.5. The van der Waals surface area contributed by atoms with Crippen molar-refractivity contribution in [2.75, 3.05) is 13.2 Å². The molecule has 8 heteroatoms. The molecule has 34 heavy (non-hydrogen) atoms. The summed E-state index contributed by atoms with van der Waals surface area (Å²) >= 11 is 1.48. The van der Waals surface area contributed by atoms with E-state index < -0.39 is 0 Å². The van der Waals surface area contributed by atoms with E-state index in [1.54, 1.807) is 17.0 Å². The Morgan fingerprint density at radius 3 is 2.76 bits per heavy atom. The molecule has 2 aromatic carbocycles. The van der Waals surface area contributed by atoms with Gasteiger partial charge in [0.1, 0.15) is 21.8 Å². The van der Waals surface area contributed by atoms with Gasteiger partial charge in [-0.25, -0.2) is 0 Å². The Bertz CT molecular complexity index is 1220. The van der Waals surface area contributed by atoms with Crippen molar-refractivity contribution < 1.29 is 14.6 Å². The molecule has 0 aliphatic heterocycles. The lowest BCUT2D eigenvalue weighted by Gasteiger charge is -2.29. The van der Waals surface area contributed by atoms with Crippen molar-refractivity contribution in [3.63, 3.8) is 0 Å². The van der Waals surface area contributed by atoms with Crippen molar-refractivity contribution in [3.8, 4) is 33.0 Å². The van der Waals surface area contributed by atoms with Crippen molar-refractivity contribution in [2.24, 2.45) is 5.92 Å². The molecule has 1 aromatic heterocycles. The molecule has 2 unspecified atom stereocenters. The Morgan fingerprint density at radius 2 is 2.09 bits per heavy atom. The Balaban J connectivity index is 1.69. The number of rotatable bonds is 9. The maximum atomic E-state index is 11.8. The van der Waals surface area contributed by atoms with Crippen LogP contribution in [-0.4, -0.2) is 45.9 Å². The Morgan fingerprint density at radius 1 is 1.29 bits per heavy atom. The van der Waals surface area contributed by atoms with E-state index in [9.17, 15) is 15.2 Å². The quantitative estimate of drug-likeness (QED) is 0.453. The molecule has 176 valence electrons. The highest BCUT2D eigenvalue weighted by molar-refractivity contribution is 7.17. The molecule has 2 atom stereocenters. The summed E-state index contributed by atoms with van der Waals surface area (Å²) in [5.41, 5.74) is 4.62. The number of nitrogens with zero attached hydrogens (tertiary/aromatic N) is 4. The van der Waals surface area contributed by atoms with Gasteiger partial charge in [-0.3, -0.25) is 4.79 Å². The summed E-state index contributed by atoms with van der Waals surface area (Å²) in [6.07, 6.45) is 2.59. The Labute approximate surface area is 203 Å². The van der Waals surface area contributed by atoms with Crippen LogP contribution in [0.2, 0.25) is 0 Å². The Hall–Kier alpha value is -3.28. The van der Waals surface area contributed by atoms with Crippen LogP contribution in [-0.2, 0) is 11.2 Å². The fraction of sp³-hybridized carbons (Fsp3) is 0.385. The standard InChI is InChI=1S/C26H28N4O3S/c1-4-17-13-22-20(24(17)30(15-32)10-11-31)6-5-7-21(22)26-29-28-25(34-26)18-8-9-23(33-16(2)3)19(12-18)14-27/h5-9,12,15-17,24,31H,4,10-11,13H2,1-3H3. The lowest BCUT2D eigenvalue weighted by atomic mass is 9.96. The van der Waals surface area contributed by atoms with E-state index >= 15 is 0 Å². The van der Waals surface area contributed by atoms with E-state index in [0.29, 0.717) is 17.9 Å². The molecular formula is C26H28N4O3S. The smallest absolute Gasteiger partial charge is 0.210 e. The third-order valence-electron chi connectivity index (χ3n) is 6.18. The van der Waals surface area contributed by atoms with Crippen molar-refractivity contribution >= 4 is 17.7 Å². The number of hydrogen-bond donors (Lipinski definition) is 1. The zero-order chi connectivity index (χ0) is 24.2. The molecule has 1 aliphatic rings. The van der Waals surface area contributed by atoms with Crippen LogP contribution in [0, 0.1) is 17.2 Å². The highest BCUT2D eigenvalue weighted by Gasteiger charge is 2.36. The number of carbonyl (C=O) groups excluding carboxylic acids is 1. The number of fused-ring (bicyclic) bond motifs is 1. The first-order valence-corrected chi connectivity index (χ1v) is 12.3. The Kier molecular flexibility index (Phi) is 7.25. The number of carbonyl (C=O) groups is 1. The summed E-state index contributed by atoms with van der Waals surface area (Å²) in [5, 5.41) is 29.4. The second-order valence-corrected chi connectivity index (χ2v) is 9.64. The minimum Gasteiger partial charge on any atom is -0.490 e. The van der Waals surface area contributed by atoms with E-state index in [1.807, 2.05) is 26.0 Å². The molecule has 1 amide bonds. The number of aliphatic hydroxyl groups excluding tert-OH is 1. The van der Waals surface area contributed by atoms with Crippen molar-refractivity contribution in [2.45, 2.75) is 45.8 Å². The summed E-state index contributed by atoms with van der Waals surface area (Å²) in [6, 6.07) is 13.8. The van der Waals surface area contributed by atoms with Gasteiger partial charge in [0.25, 0.3) is 0 Å². The average Bonchev–Trinajstić information content (AvgIpc) is 3.47. The van der Waals surface area contributed by atoms with Gasteiger partial charge >= 0.3 is 0 Å². The highest BCUT2D eigenvalue weighted by Crippen LogP contribution is 2.46. The maximum absolute atomic E-state index is 11.8. The van der Waals surface area contributed by atoms with Crippen molar-refractivity contribution in [1.29, 1.82) is 5.26 Å². The van der Waals surface area contributed by atoms with Gasteiger partial charge in [-0.1, -0.05) is 42.9 Å². The molecule has 1 N–H and O–H groups in total. The lowest BCUT2D eigenvalue weighted by Crippen LogP contribution is -2.32. The van der Waals surface area contributed by atoms with Crippen LogP contribution in [0.4, 0.5) is 0 Å². The van der Waals surface area contributed by atoms with Crippen molar-refractivity contribution in [3.05, 3.63) is 53.1 Å². The number of amides is 1. The van der Waals surface area contributed by atoms with Crippen LogP contribution in [0.15, 0.2) is 36.4 Å². The third kappa shape index (κ3) is 4.54. The normalized spacial score (nSPS) is 16.8. The van der Waals surface area contributed by atoms with Gasteiger partial charge in [-0.2, -0.15) is 5.26 Å². The van der Waals surface area contributed by atoms with Gasteiger partial charge in [-0.05, 0) is 55.5 Å². The largest absolute Gasteiger partial charge is 0.490 e. The van der Waals surface area contributed by atoms with Crippen LogP contribution in [0.1, 0.15) is 49.9 Å². The number of hydrogen-bond acceptors (Lipinski definition) is 7. The molecule has 1 aliphatic carbocycles. The third-order valence-corrected chi connectivity index (χ3v) is 7.19. The molecule has 0 bridgehead atoms. The highest BCUT2D eigenvalue weighted by atomic mass is 32.1. The number of aromatic nitrogens is 2. The summed E-state index contributed by atoms with van der Waals surface area (Å²) in [4.78, 5) is 13.5. The fourth-order valence-corrected chi connectivity index (χ4v) is 5.58. The van der Waals surface area contributed by atoms with E-state index in [1.165, 1.54) is 16.9 Å². The molecule has 4 rings (SSSR count). The monoisotopic (exact) mass is 476 g/mol. The molecule has 0 spiro atoms. The van der Waals surface area contributed by atoms with E-state index in [-0.39, 0.29) is 24.7 Å². The average molecular weight is 477 g/mol. The second kappa shape index (κ2) is 10.3. The molecular weight excluding hydrogens is 448 g/mol. The zero-order valence-electron chi connectivity index (χ0n) is 19.6. The van der Waals surface area contributed by atoms with Crippen LogP contribution in [0.3, 0.4) is 0 Å². The lowest BCUT2D eigenvalue weighted by molar-refractivity contribution is -0.121. The van der Waals surface area contributed by atoms with Gasteiger partial charge in [-0.15, -0.1) is 10.2 Å². The van der Waals surface area contributed by atoms with Gasteiger partial charge in [0.05, 0.1) is 24.3 Å². The predicted octanol–water partition coefficient (Wildman–Crippen LogP) is 4.61. The van der Waals surface area contributed by atoms with Gasteiger partial charge in [0.2, 0.25) is 6.41 Å². The minimum absolute atomic E-state index is 0.0189. The number of aliphatic hydroxyl groups is 1.